The van der Waals surface area contributed by atoms with Gasteiger partial charge in [0.2, 0.25) is 5.91 Å². The Morgan fingerprint density at radius 1 is 1.21 bits per heavy atom. The highest BCUT2D eigenvalue weighted by Crippen LogP contribution is 2.28. The summed E-state index contributed by atoms with van der Waals surface area (Å²) < 4.78 is 1.69. The van der Waals surface area contributed by atoms with Crippen LogP contribution in [0.2, 0.25) is 0 Å². The second-order valence-corrected chi connectivity index (χ2v) is 9.97. The molecule has 2 heterocycles. The second-order valence-electron chi connectivity index (χ2n) is 7.82. The van der Waals surface area contributed by atoms with Gasteiger partial charge in [0.15, 0.2) is 5.16 Å². The van der Waals surface area contributed by atoms with Crippen LogP contribution in [0.5, 0.6) is 0 Å². The zero-order chi connectivity index (χ0) is 20.5. The minimum atomic E-state index is -0.291. The smallest absolute Gasteiger partial charge is 0.263 e. The molecular weight excluding hydrogens is 390 g/mol. The number of benzene rings is 1. The summed E-state index contributed by atoms with van der Waals surface area (Å²) in [6.07, 6.45) is 0. The lowest BCUT2D eigenvalue weighted by molar-refractivity contribution is -0.119. The number of hydrogen-bond donors (Lipinski definition) is 1. The number of carbonyl (C=O) groups excluding carboxylic acids is 1. The van der Waals surface area contributed by atoms with Gasteiger partial charge < -0.3 is 5.32 Å². The monoisotopic (exact) mass is 415 g/mol. The zero-order valence-corrected chi connectivity index (χ0v) is 18.5. The minimum absolute atomic E-state index is 0.0468. The van der Waals surface area contributed by atoms with Crippen molar-refractivity contribution >= 4 is 39.2 Å². The molecule has 1 amide bonds. The molecule has 0 saturated carbocycles. The molecule has 0 bridgehead atoms. The van der Waals surface area contributed by atoms with Crippen molar-refractivity contribution in [1.82, 2.24) is 14.9 Å². The highest BCUT2D eigenvalue weighted by atomic mass is 32.2. The first kappa shape index (κ1) is 20.6. The fraction of sp³-hybridized carbons (Fsp3) is 0.381. The van der Waals surface area contributed by atoms with Gasteiger partial charge >= 0.3 is 0 Å². The molecule has 1 N–H and O–H groups in total. The van der Waals surface area contributed by atoms with E-state index in [-0.39, 0.29) is 22.8 Å². The lowest BCUT2D eigenvalue weighted by Gasteiger charge is -2.20. The molecule has 28 heavy (non-hydrogen) atoms. The lowest BCUT2D eigenvalue weighted by atomic mass is 10.1. The molecule has 0 aliphatic heterocycles. The van der Waals surface area contributed by atoms with Gasteiger partial charge in [-0.2, -0.15) is 0 Å². The molecule has 0 unspecified atom stereocenters. The molecule has 0 spiro atoms. The molecule has 3 rings (SSSR count). The summed E-state index contributed by atoms with van der Waals surface area (Å²) in [7, 11) is 0. The van der Waals surface area contributed by atoms with Crippen molar-refractivity contribution in [3.8, 4) is 0 Å². The number of carbonyl (C=O) groups is 1. The number of thiophene rings is 1. The van der Waals surface area contributed by atoms with Gasteiger partial charge in [-0.25, -0.2) is 4.98 Å². The Bertz CT molecular complexity index is 1060. The molecule has 0 atom stereocenters. The van der Waals surface area contributed by atoms with Gasteiger partial charge in [-0.3, -0.25) is 14.2 Å². The number of amides is 1. The normalized spacial score (nSPS) is 11.8. The van der Waals surface area contributed by atoms with Crippen LogP contribution in [0.1, 0.15) is 36.8 Å². The van der Waals surface area contributed by atoms with Crippen LogP contribution in [-0.4, -0.2) is 26.8 Å². The van der Waals surface area contributed by atoms with Crippen LogP contribution in [0.15, 0.2) is 40.3 Å². The van der Waals surface area contributed by atoms with Crippen molar-refractivity contribution < 1.29 is 4.79 Å². The van der Waals surface area contributed by atoms with Crippen LogP contribution in [0, 0.1) is 13.8 Å². The van der Waals surface area contributed by atoms with Crippen LogP contribution in [0.25, 0.3) is 10.2 Å². The van der Waals surface area contributed by atoms with E-state index in [1.165, 1.54) is 23.1 Å². The summed E-state index contributed by atoms with van der Waals surface area (Å²) in [6, 6.07) is 9.84. The quantitative estimate of drug-likeness (QED) is 0.503. The molecular formula is C21H25N3O2S2. The van der Waals surface area contributed by atoms with Crippen molar-refractivity contribution in [2.75, 3.05) is 5.75 Å². The molecule has 5 nitrogen and oxygen atoms in total. The number of aromatic nitrogens is 2. The second kappa shape index (κ2) is 8.09. The molecule has 0 fully saturated rings. The minimum Gasteiger partial charge on any atom is -0.351 e. The van der Waals surface area contributed by atoms with E-state index in [4.69, 9.17) is 4.98 Å². The van der Waals surface area contributed by atoms with Crippen molar-refractivity contribution in [3.63, 3.8) is 0 Å². The molecule has 148 valence electrons. The Kier molecular flexibility index (Phi) is 5.95. The summed E-state index contributed by atoms with van der Waals surface area (Å²) in [5.74, 6) is 0.143. The number of nitrogens with one attached hydrogen (secondary N) is 1. The third kappa shape index (κ3) is 4.64. The van der Waals surface area contributed by atoms with E-state index in [9.17, 15) is 9.59 Å². The first-order valence-corrected chi connectivity index (χ1v) is 10.9. The summed E-state index contributed by atoms with van der Waals surface area (Å²) in [4.78, 5) is 32.1. The predicted octanol–water partition coefficient (Wildman–Crippen LogP) is 4.13. The topological polar surface area (TPSA) is 64.0 Å². The molecule has 0 saturated heterocycles. The Hall–Kier alpha value is -2.12. The van der Waals surface area contributed by atoms with E-state index < -0.39 is 0 Å². The third-order valence-electron chi connectivity index (χ3n) is 4.28. The molecule has 0 aliphatic carbocycles. The summed E-state index contributed by atoms with van der Waals surface area (Å²) >= 11 is 2.83. The Morgan fingerprint density at radius 3 is 2.54 bits per heavy atom. The van der Waals surface area contributed by atoms with Crippen LogP contribution in [0.4, 0.5) is 0 Å². The van der Waals surface area contributed by atoms with Gasteiger partial charge in [0.25, 0.3) is 5.56 Å². The van der Waals surface area contributed by atoms with E-state index in [1.807, 2.05) is 65.0 Å². The highest BCUT2D eigenvalue weighted by molar-refractivity contribution is 7.99. The van der Waals surface area contributed by atoms with Gasteiger partial charge in [-0.15, -0.1) is 11.3 Å². The van der Waals surface area contributed by atoms with Gasteiger partial charge in [0.1, 0.15) is 4.83 Å². The number of thioether (sulfide) groups is 1. The van der Waals surface area contributed by atoms with Crippen LogP contribution in [0.3, 0.4) is 0 Å². The average Bonchev–Trinajstić information content (AvgIpc) is 2.89. The maximum absolute atomic E-state index is 13.3. The highest BCUT2D eigenvalue weighted by Gasteiger charge is 2.19. The van der Waals surface area contributed by atoms with E-state index in [1.54, 1.807) is 4.57 Å². The Morgan fingerprint density at radius 2 is 1.89 bits per heavy atom. The summed E-state index contributed by atoms with van der Waals surface area (Å²) in [6.45, 7) is 10.2. The molecule has 2 aromatic heterocycles. The number of nitrogens with zero attached hydrogens (tertiary/aromatic N) is 2. The number of rotatable bonds is 5. The first-order chi connectivity index (χ1) is 13.2. The summed E-state index contributed by atoms with van der Waals surface area (Å²) in [5, 5.41) is 4.21. The molecule has 0 radical (unpaired) electrons. The lowest BCUT2D eigenvalue weighted by Crippen LogP contribution is -2.41. The largest absolute Gasteiger partial charge is 0.351 e. The van der Waals surface area contributed by atoms with Crippen LogP contribution >= 0.6 is 23.1 Å². The number of aryl methyl sites for hydroxylation is 2. The van der Waals surface area contributed by atoms with E-state index in [0.29, 0.717) is 17.1 Å². The Balaban J connectivity index is 2.00. The Labute approximate surface area is 173 Å². The standard InChI is InChI=1S/C21H25N3O2S2/c1-13-14(2)28-18-17(13)19(26)24(11-15-9-7-6-8-10-15)20(22-18)27-12-16(25)23-21(3,4)5/h6-10H,11-12H2,1-5H3,(H,23,25). The summed E-state index contributed by atoms with van der Waals surface area (Å²) in [5.41, 5.74) is 1.67. The number of hydrogen-bond acceptors (Lipinski definition) is 5. The SMILES string of the molecule is Cc1sc2nc(SCC(=O)NC(C)(C)C)n(Cc3ccccc3)c(=O)c2c1C. The van der Waals surface area contributed by atoms with Crippen molar-refractivity contribution in [2.24, 2.45) is 0 Å². The molecule has 3 aromatic rings. The van der Waals surface area contributed by atoms with Crippen molar-refractivity contribution in [1.29, 1.82) is 0 Å². The maximum atomic E-state index is 13.3. The van der Waals surface area contributed by atoms with Gasteiger partial charge in [-0.05, 0) is 45.7 Å². The zero-order valence-electron chi connectivity index (χ0n) is 16.8. The molecule has 1 aromatic carbocycles. The van der Waals surface area contributed by atoms with Crippen molar-refractivity contribution in [2.45, 2.75) is 51.9 Å². The van der Waals surface area contributed by atoms with Gasteiger partial charge in [-0.1, -0.05) is 42.1 Å². The maximum Gasteiger partial charge on any atom is 0.263 e. The van der Waals surface area contributed by atoms with E-state index in [0.717, 1.165) is 20.8 Å². The number of fused-ring (bicyclic) bond motifs is 1. The fourth-order valence-electron chi connectivity index (χ4n) is 2.91. The van der Waals surface area contributed by atoms with E-state index >= 15 is 0 Å². The van der Waals surface area contributed by atoms with Crippen LogP contribution < -0.4 is 10.9 Å². The van der Waals surface area contributed by atoms with Gasteiger partial charge in [0, 0.05) is 10.4 Å². The average molecular weight is 416 g/mol. The first-order valence-electron chi connectivity index (χ1n) is 9.14. The third-order valence-corrected chi connectivity index (χ3v) is 6.36. The fourth-order valence-corrected chi connectivity index (χ4v) is 4.78. The predicted molar refractivity (Wildman–Crippen MR) is 118 cm³/mol. The van der Waals surface area contributed by atoms with Crippen molar-refractivity contribution in [3.05, 3.63) is 56.7 Å². The van der Waals surface area contributed by atoms with E-state index in [2.05, 4.69) is 5.32 Å². The molecule has 7 heteroatoms. The van der Waals surface area contributed by atoms with Gasteiger partial charge in [0.05, 0.1) is 17.7 Å². The van der Waals surface area contributed by atoms with Crippen LogP contribution in [-0.2, 0) is 11.3 Å². The molecule has 0 aliphatic rings.